The standard InChI is InChI=1S/C15H20N4/c1-12-17-18-14(15(2)8-10-16-11-9-15)19(12)13-6-4-3-5-7-13/h3-7,16H,8-11H2,1-2H3. The van der Waals surface area contributed by atoms with Crippen molar-refractivity contribution in [2.45, 2.75) is 32.1 Å². The molecule has 1 aliphatic heterocycles. The van der Waals surface area contributed by atoms with Gasteiger partial charge >= 0.3 is 0 Å². The molecule has 3 rings (SSSR count). The second-order valence-corrected chi connectivity index (χ2v) is 5.55. The lowest BCUT2D eigenvalue weighted by Crippen LogP contribution is -2.39. The highest BCUT2D eigenvalue weighted by Crippen LogP contribution is 2.33. The normalized spacial score (nSPS) is 18.4. The van der Waals surface area contributed by atoms with Crippen molar-refractivity contribution in [2.24, 2.45) is 0 Å². The van der Waals surface area contributed by atoms with Gasteiger partial charge in [-0.25, -0.2) is 0 Å². The molecule has 0 amide bonds. The van der Waals surface area contributed by atoms with Crippen molar-refractivity contribution in [3.05, 3.63) is 42.0 Å². The van der Waals surface area contributed by atoms with Gasteiger partial charge in [0.15, 0.2) is 0 Å². The fourth-order valence-electron chi connectivity index (χ4n) is 2.84. The minimum Gasteiger partial charge on any atom is -0.317 e. The van der Waals surface area contributed by atoms with Crippen LogP contribution in [0.1, 0.15) is 31.4 Å². The molecular weight excluding hydrogens is 236 g/mol. The Morgan fingerprint density at radius 2 is 1.79 bits per heavy atom. The van der Waals surface area contributed by atoms with Crippen LogP contribution in [0.2, 0.25) is 0 Å². The molecule has 0 atom stereocenters. The molecule has 1 aromatic carbocycles. The number of hydrogen-bond donors (Lipinski definition) is 1. The summed E-state index contributed by atoms with van der Waals surface area (Å²) in [7, 11) is 0. The van der Waals surface area contributed by atoms with Crippen LogP contribution in [0.3, 0.4) is 0 Å². The van der Waals surface area contributed by atoms with E-state index in [1.54, 1.807) is 0 Å². The second-order valence-electron chi connectivity index (χ2n) is 5.55. The second kappa shape index (κ2) is 4.78. The van der Waals surface area contributed by atoms with Crippen LogP contribution in [-0.2, 0) is 5.41 Å². The van der Waals surface area contributed by atoms with Crippen molar-refractivity contribution in [3.63, 3.8) is 0 Å². The van der Waals surface area contributed by atoms with Gasteiger partial charge in [-0.3, -0.25) is 4.57 Å². The molecule has 4 heteroatoms. The molecule has 0 radical (unpaired) electrons. The number of nitrogens with zero attached hydrogens (tertiary/aromatic N) is 3. The van der Waals surface area contributed by atoms with Gasteiger partial charge < -0.3 is 5.32 Å². The summed E-state index contributed by atoms with van der Waals surface area (Å²) in [4.78, 5) is 0. The van der Waals surface area contributed by atoms with Crippen LogP contribution >= 0.6 is 0 Å². The largest absolute Gasteiger partial charge is 0.317 e. The lowest BCUT2D eigenvalue weighted by atomic mass is 9.80. The Morgan fingerprint density at radius 1 is 1.11 bits per heavy atom. The Labute approximate surface area is 113 Å². The molecule has 1 saturated heterocycles. The Hall–Kier alpha value is -1.68. The Bertz CT molecular complexity index is 553. The maximum Gasteiger partial charge on any atom is 0.143 e. The zero-order valence-corrected chi connectivity index (χ0v) is 11.6. The van der Waals surface area contributed by atoms with Gasteiger partial charge in [0.2, 0.25) is 0 Å². The molecule has 1 aromatic heterocycles. The summed E-state index contributed by atoms with van der Waals surface area (Å²) >= 11 is 0. The van der Waals surface area contributed by atoms with Gasteiger partial charge in [0, 0.05) is 11.1 Å². The molecule has 0 spiro atoms. The van der Waals surface area contributed by atoms with Crippen molar-refractivity contribution < 1.29 is 0 Å². The molecular formula is C15H20N4. The van der Waals surface area contributed by atoms with Gasteiger partial charge in [0.05, 0.1) is 0 Å². The van der Waals surface area contributed by atoms with E-state index in [4.69, 9.17) is 0 Å². The fourth-order valence-corrected chi connectivity index (χ4v) is 2.84. The fraction of sp³-hybridized carbons (Fsp3) is 0.467. The summed E-state index contributed by atoms with van der Waals surface area (Å²) in [6, 6.07) is 10.4. The SMILES string of the molecule is Cc1nnc(C2(C)CCNCC2)n1-c1ccccc1. The van der Waals surface area contributed by atoms with E-state index >= 15 is 0 Å². The van der Waals surface area contributed by atoms with Gasteiger partial charge in [-0.2, -0.15) is 0 Å². The van der Waals surface area contributed by atoms with Crippen molar-refractivity contribution in [1.82, 2.24) is 20.1 Å². The summed E-state index contributed by atoms with van der Waals surface area (Å²) in [5.41, 5.74) is 1.27. The van der Waals surface area contributed by atoms with Crippen LogP contribution in [0.5, 0.6) is 0 Å². The minimum absolute atomic E-state index is 0.113. The Kier molecular flexibility index (Phi) is 3.11. The van der Waals surface area contributed by atoms with E-state index in [2.05, 4.69) is 51.3 Å². The van der Waals surface area contributed by atoms with Crippen LogP contribution in [0.15, 0.2) is 30.3 Å². The van der Waals surface area contributed by atoms with Crippen molar-refractivity contribution in [3.8, 4) is 5.69 Å². The zero-order chi connectivity index (χ0) is 13.3. The number of aromatic nitrogens is 3. The van der Waals surface area contributed by atoms with Gasteiger partial charge in [-0.05, 0) is 45.0 Å². The number of benzene rings is 1. The monoisotopic (exact) mass is 256 g/mol. The first kappa shape index (κ1) is 12.4. The molecule has 100 valence electrons. The maximum absolute atomic E-state index is 4.47. The number of hydrogen-bond acceptors (Lipinski definition) is 3. The molecule has 19 heavy (non-hydrogen) atoms. The number of piperidine rings is 1. The van der Waals surface area contributed by atoms with Crippen LogP contribution in [0.4, 0.5) is 0 Å². The Morgan fingerprint density at radius 3 is 2.47 bits per heavy atom. The van der Waals surface area contributed by atoms with Crippen LogP contribution in [-0.4, -0.2) is 27.9 Å². The zero-order valence-electron chi connectivity index (χ0n) is 11.6. The molecule has 0 saturated carbocycles. The van der Waals surface area contributed by atoms with E-state index in [1.165, 1.54) is 0 Å². The molecule has 2 heterocycles. The number of para-hydroxylation sites is 1. The highest BCUT2D eigenvalue weighted by molar-refractivity contribution is 5.35. The molecule has 0 bridgehead atoms. The van der Waals surface area contributed by atoms with Crippen molar-refractivity contribution in [2.75, 3.05) is 13.1 Å². The first-order valence-electron chi connectivity index (χ1n) is 6.89. The molecule has 1 aliphatic rings. The number of aryl methyl sites for hydroxylation is 1. The molecule has 0 aliphatic carbocycles. The maximum atomic E-state index is 4.47. The van der Waals surface area contributed by atoms with Crippen LogP contribution in [0.25, 0.3) is 5.69 Å². The van der Waals surface area contributed by atoms with Crippen molar-refractivity contribution in [1.29, 1.82) is 0 Å². The Balaban J connectivity index is 2.08. The summed E-state index contributed by atoms with van der Waals surface area (Å²) < 4.78 is 2.20. The third kappa shape index (κ3) is 2.16. The average Bonchev–Trinajstić information content (AvgIpc) is 2.83. The average molecular weight is 256 g/mol. The minimum atomic E-state index is 0.113. The molecule has 1 N–H and O–H groups in total. The third-order valence-corrected chi connectivity index (χ3v) is 4.09. The topological polar surface area (TPSA) is 42.7 Å². The highest BCUT2D eigenvalue weighted by Gasteiger charge is 2.34. The van der Waals surface area contributed by atoms with Gasteiger partial charge in [-0.15, -0.1) is 10.2 Å². The molecule has 4 nitrogen and oxygen atoms in total. The summed E-state index contributed by atoms with van der Waals surface area (Å²) in [6.07, 6.45) is 2.22. The summed E-state index contributed by atoms with van der Waals surface area (Å²) in [6.45, 7) is 6.43. The number of nitrogens with one attached hydrogen (secondary N) is 1. The summed E-state index contributed by atoms with van der Waals surface area (Å²) in [5.74, 6) is 2.05. The van der Waals surface area contributed by atoms with Crippen LogP contribution < -0.4 is 5.32 Å². The van der Waals surface area contributed by atoms with Gasteiger partial charge in [0.1, 0.15) is 11.6 Å². The molecule has 1 fully saturated rings. The smallest absolute Gasteiger partial charge is 0.143 e. The number of rotatable bonds is 2. The first-order chi connectivity index (χ1) is 9.21. The van der Waals surface area contributed by atoms with Crippen molar-refractivity contribution >= 4 is 0 Å². The predicted octanol–water partition coefficient (Wildman–Crippen LogP) is 2.22. The molecule has 2 aromatic rings. The van der Waals surface area contributed by atoms with E-state index < -0.39 is 0 Å². The van der Waals surface area contributed by atoms with E-state index in [0.717, 1.165) is 43.3 Å². The highest BCUT2D eigenvalue weighted by atomic mass is 15.3. The lowest BCUT2D eigenvalue weighted by molar-refractivity contribution is 0.314. The van der Waals surface area contributed by atoms with E-state index in [9.17, 15) is 0 Å². The lowest BCUT2D eigenvalue weighted by Gasteiger charge is -2.33. The first-order valence-corrected chi connectivity index (χ1v) is 6.89. The molecule has 0 unspecified atom stereocenters. The third-order valence-electron chi connectivity index (χ3n) is 4.09. The van der Waals surface area contributed by atoms with E-state index in [-0.39, 0.29) is 5.41 Å². The van der Waals surface area contributed by atoms with Gasteiger partial charge in [0.25, 0.3) is 0 Å². The van der Waals surface area contributed by atoms with E-state index in [0.29, 0.717) is 0 Å². The van der Waals surface area contributed by atoms with E-state index in [1.807, 2.05) is 13.0 Å². The van der Waals surface area contributed by atoms with Gasteiger partial charge in [-0.1, -0.05) is 25.1 Å². The quantitative estimate of drug-likeness (QED) is 0.896. The van der Waals surface area contributed by atoms with Crippen LogP contribution in [0, 0.1) is 6.92 Å². The predicted molar refractivity (Wildman–Crippen MR) is 75.6 cm³/mol. The summed E-state index contributed by atoms with van der Waals surface area (Å²) in [5, 5.41) is 12.2.